The molecule has 0 unspecified atom stereocenters. The molecule has 0 atom stereocenters. The lowest BCUT2D eigenvalue weighted by atomic mass is 10.2. The molecule has 0 aliphatic carbocycles. The number of aryl methyl sites for hydroxylation is 1. The zero-order valence-corrected chi connectivity index (χ0v) is 11.4. The van der Waals surface area contributed by atoms with E-state index in [2.05, 4.69) is 47.1 Å². The van der Waals surface area contributed by atoms with Crippen molar-refractivity contribution < 1.29 is 4.74 Å². The first-order chi connectivity index (χ1) is 8.28. The molecular weight excluding hydrogens is 276 g/mol. The summed E-state index contributed by atoms with van der Waals surface area (Å²) in [7, 11) is 0. The molecule has 0 bridgehead atoms. The van der Waals surface area contributed by atoms with Gasteiger partial charge < -0.3 is 4.74 Å². The van der Waals surface area contributed by atoms with Crippen molar-refractivity contribution in [1.29, 1.82) is 0 Å². The molecule has 0 N–H and O–H groups in total. The molecule has 0 amide bonds. The van der Waals surface area contributed by atoms with Gasteiger partial charge in [0, 0.05) is 4.47 Å². The van der Waals surface area contributed by atoms with Gasteiger partial charge >= 0.3 is 0 Å². The number of ether oxygens (including phenoxy) is 1. The molecule has 2 rings (SSSR count). The van der Waals surface area contributed by atoms with E-state index in [0.717, 1.165) is 16.6 Å². The highest BCUT2D eigenvalue weighted by molar-refractivity contribution is 9.10. The van der Waals surface area contributed by atoms with Crippen LogP contribution >= 0.6 is 15.9 Å². The molecule has 2 aromatic rings. The van der Waals surface area contributed by atoms with Gasteiger partial charge in [0.25, 0.3) is 0 Å². The van der Waals surface area contributed by atoms with Crippen LogP contribution < -0.4 is 4.74 Å². The molecule has 0 fully saturated rings. The monoisotopic (exact) mass is 290 g/mol. The van der Waals surface area contributed by atoms with Gasteiger partial charge in [0.2, 0.25) is 0 Å². The van der Waals surface area contributed by atoms with Crippen molar-refractivity contribution in [3.8, 4) is 5.75 Å². The van der Waals surface area contributed by atoms with Crippen LogP contribution in [-0.2, 0) is 13.0 Å². The highest BCUT2D eigenvalue weighted by atomic mass is 79.9. The summed E-state index contributed by atoms with van der Waals surface area (Å²) in [4.78, 5) is 0. The second-order valence-electron chi connectivity index (χ2n) is 3.92. The number of benzene rings is 2. The minimum atomic E-state index is 0.604. The second-order valence-corrected chi connectivity index (χ2v) is 4.84. The van der Waals surface area contributed by atoms with Crippen LogP contribution in [0.25, 0.3) is 0 Å². The Balaban J connectivity index is 2.02. The number of hydrogen-bond donors (Lipinski definition) is 0. The van der Waals surface area contributed by atoms with Gasteiger partial charge in [0.15, 0.2) is 0 Å². The van der Waals surface area contributed by atoms with Crippen LogP contribution in [0.15, 0.2) is 53.0 Å². The van der Waals surface area contributed by atoms with Crippen LogP contribution in [0, 0.1) is 0 Å². The maximum atomic E-state index is 5.77. The lowest BCUT2D eigenvalue weighted by Gasteiger charge is -2.07. The van der Waals surface area contributed by atoms with Crippen molar-refractivity contribution in [1.82, 2.24) is 0 Å². The average molecular weight is 291 g/mol. The van der Waals surface area contributed by atoms with Gasteiger partial charge in [-0.2, -0.15) is 0 Å². The predicted molar refractivity (Wildman–Crippen MR) is 74.3 cm³/mol. The third kappa shape index (κ3) is 3.60. The zero-order valence-electron chi connectivity index (χ0n) is 9.82. The second kappa shape index (κ2) is 5.87. The van der Waals surface area contributed by atoms with Crippen LogP contribution in [0.5, 0.6) is 5.75 Å². The smallest absolute Gasteiger partial charge is 0.120 e. The minimum Gasteiger partial charge on any atom is -0.489 e. The normalized spacial score (nSPS) is 10.2. The van der Waals surface area contributed by atoms with Crippen molar-refractivity contribution >= 4 is 15.9 Å². The molecule has 2 aromatic carbocycles. The summed E-state index contributed by atoms with van der Waals surface area (Å²) >= 11 is 3.46. The first kappa shape index (κ1) is 12.2. The Kier molecular flexibility index (Phi) is 4.21. The summed E-state index contributed by atoms with van der Waals surface area (Å²) in [5, 5.41) is 0. The summed E-state index contributed by atoms with van der Waals surface area (Å²) in [6, 6.07) is 16.4. The SMILES string of the molecule is CCc1cccc(OCc2cccc(Br)c2)c1. The Morgan fingerprint density at radius 1 is 1.00 bits per heavy atom. The summed E-state index contributed by atoms with van der Waals surface area (Å²) in [5.41, 5.74) is 2.47. The molecule has 2 heteroatoms. The van der Waals surface area contributed by atoms with Gasteiger partial charge in [0.05, 0.1) is 0 Å². The summed E-state index contributed by atoms with van der Waals surface area (Å²) in [6.07, 6.45) is 1.04. The van der Waals surface area contributed by atoms with Crippen molar-refractivity contribution in [3.63, 3.8) is 0 Å². The Labute approximate surface area is 111 Å². The Morgan fingerprint density at radius 2 is 1.76 bits per heavy atom. The molecule has 0 heterocycles. The molecule has 0 aliphatic heterocycles. The summed E-state index contributed by atoms with van der Waals surface area (Å²) in [6.45, 7) is 2.75. The number of hydrogen-bond acceptors (Lipinski definition) is 1. The van der Waals surface area contributed by atoms with Gasteiger partial charge in [-0.05, 0) is 41.8 Å². The maximum Gasteiger partial charge on any atom is 0.120 e. The molecule has 0 saturated heterocycles. The average Bonchev–Trinajstić information content (AvgIpc) is 2.37. The van der Waals surface area contributed by atoms with E-state index in [1.807, 2.05) is 24.3 Å². The minimum absolute atomic E-state index is 0.604. The molecular formula is C15H15BrO. The molecule has 0 radical (unpaired) electrons. The number of rotatable bonds is 4. The molecule has 0 saturated carbocycles. The lowest BCUT2D eigenvalue weighted by molar-refractivity contribution is 0.306. The van der Waals surface area contributed by atoms with Crippen molar-refractivity contribution in [2.75, 3.05) is 0 Å². The lowest BCUT2D eigenvalue weighted by Crippen LogP contribution is -1.95. The Morgan fingerprint density at radius 3 is 2.53 bits per heavy atom. The van der Waals surface area contributed by atoms with E-state index in [1.165, 1.54) is 11.1 Å². The maximum absolute atomic E-state index is 5.77. The van der Waals surface area contributed by atoms with Crippen molar-refractivity contribution in [2.45, 2.75) is 20.0 Å². The molecule has 17 heavy (non-hydrogen) atoms. The molecule has 88 valence electrons. The van der Waals surface area contributed by atoms with Gasteiger partial charge in [0.1, 0.15) is 12.4 Å². The Bertz CT molecular complexity index is 494. The van der Waals surface area contributed by atoms with E-state index in [9.17, 15) is 0 Å². The van der Waals surface area contributed by atoms with E-state index >= 15 is 0 Å². The van der Waals surface area contributed by atoms with Crippen molar-refractivity contribution in [3.05, 3.63) is 64.1 Å². The van der Waals surface area contributed by atoms with Gasteiger partial charge in [-0.1, -0.05) is 47.1 Å². The zero-order chi connectivity index (χ0) is 12.1. The summed E-state index contributed by atoms with van der Waals surface area (Å²) in [5.74, 6) is 0.935. The fraction of sp³-hybridized carbons (Fsp3) is 0.200. The van der Waals surface area contributed by atoms with Crippen LogP contribution in [-0.4, -0.2) is 0 Å². The third-order valence-corrected chi connectivity index (χ3v) is 3.09. The van der Waals surface area contributed by atoms with Crippen LogP contribution in [0.4, 0.5) is 0 Å². The quantitative estimate of drug-likeness (QED) is 0.800. The Hall–Kier alpha value is -1.28. The van der Waals surface area contributed by atoms with Crippen LogP contribution in [0.2, 0.25) is 0 Å². The molecule has 1 nitrogen and oxygen atoms in total. The largest absolute Gasteiger partial charge is 0.489 e. The predicted octanol–water partition coefficient (Wildman–Crippen LogP) is 4.59. The number of halogens is 1. The fourth-order valence-electron chi connectivity index (χ4n) is 1.65. The van der Waals surface area contributed by atoms with Crippen LogP contribution in [0.1, 0.15) is 18.1 Å². The van der Waals surface area contributed by atoms with E-state index in [4.69, 9.17) is 4.74 Å². The van der Waals surface area contributed by atoms with E-state index < -0.39 is 0 Å². The van der Waals surface area contributed by atoms with Crippen molar-refractivity contribution in [2.24, 2.45) is 0 Å². The highest BCUT2D eigenvalue weighted by Crippen LogP contribution is 2.17. The standard InChI is InChI=1S/C15H15BrO/c1-2-12-5-4-8-15(10-12)17-11-13-6-3-7-14(16)9-13/h3-10H,2,11H2,1H3. The fourth-order valence-corrected chi connectivity index (χ4v) is 2.10. The van der Waals surface area contributed by atoms with Gasteiger partial charge in [-0.25, -0.2) is 0 Å². The van der Waals surface area contributed by atoms with E-state index in [-0.39, 0.29) is 0 Å². The van der Waals surface area contributed by atoms with Gasteiger partial charge in [-0.3, -0.25) is 0 Å². The third-order valence-electron chi connectivity index (χ3n) is 2.60. The molecule has 0 aliphatic rings. The van der Waals surface area contributed by atoms with E-state index in [1.54, 1.807) is 0 Å². The molecule has 0 spiro atoms. The first-order valence-corrected chi connectivity index (χ1v) is 6.53. The first-order valence-electron chi connectivity index (χ1n) is 5.74. The van der Waals surface area contributed by atoms with Gasteiger partial charge in [-0.15, -0.1) is 0 Å². The molecule has 0 aromatic heterocycles. The topological polar surface area (TPSA) is 9.23 Å². The van der Waals surface area contributed by atoms with E-state index in [0.29, 0.717) is 6.61 Å². The summed E-state index contributed by atoms with van der Waals surface area (Å²) < 4.78 is 6.85. The van der Waals surface area contributed by atoms with Crippen LogP contribution in [0.3, 0.4) is 0 Å². The highest BCUT2D eigenvalue weighted by Gasteiger charge is 1.98.